The molecule has 0 aliphatic carbocycles. The second kappa shape index (κ2) is 42.3. The predicted molar refractivity (Wildman–Crippen MR) is 418 cm³/mol. The third-order valence-corrected chi connectivity index (χ3v) is 22.1. The molecule has 4 unspecified atom stereocenters. The van der Waals surface area contributed by atoms with Crippen LogP contribution in [0.3, 0.4) is 0 Å². The smallest absolute Gasteiger partial charge is 0.332 e. The highest BCUT2D eigenvalue weighted by atomic mass is 35.5. The zero-order chi connectivity index (χ0) is 85.8. The zero-order valence-electron chi connectivity index (χ0n) is 66.5. The first-order chi connectivity index (χ1) is 55.8. The number of aryl methyl sites for hydroxylation is 2. The maximum Gasteiger partial charge on any atom is 0.432 e. The highest BCUT2D eigenvalue weighted by molar-refractivity contribution is 6.31. The van der Waals surface area contributed by atoms with Crippen molar-refractivity contribution in [2.45, 2.75) is 169 Å². The number of aromatic amines is 4. The molecule has 4 aliphatic rings. The molecular weight excluding hydrogens is 1610 g/mol. The first kappa shape index (κ1) is 92.9. The van der Waals surface area contributed by atoms with Gasteiger partial charge in [0, 0.05) is 149 Å². The maximum atomic E-state index is 14.1. The molecule has 0 saturated carbocycles. The number of H-pyrrole nitrogens is 4. The Morgan fingerprint density at radius 1 is 0.390 bits per heavy atom. The molecule has 4 fully saturated rings. The number of alkyl halides is 12. The molecule has 36 heteroatoms. The Morgan fingerprint density at radius 2 is 0.686 bits per heavy atom. The van der Waals surface area contributed by atoms with Gasteiger partial charge in [0.05, 0.1) is 0 Å². The number of halogens is 16. The van der Waals surface area contributed by atoms with Crippen LogP contribution in [0.5, 0.6) is 0 Å². The molecule has 0 bridgehead atoms. The molecule has 4 aliphatic heterocycles. The number of hydrogen-bond donors (Lipinski definition) is 4. The summed E-state index contributed by atoms with van der Waals surface area (Å²) >= 11 is 12.6. The summed E-state index contributed by atoms with van der Waals surface area (Å²) in [5, 5.41) is 22.9. The maximum absolute atomic E-state index is 14.1. The van der Waals surface area contributed by atoms with Gasteiger partial charge in [0.15, 0.2) is 22.8 Å². The van der Waals surface area contributed by atoms with Crippen molar-refractivity contribution in [1.29, 1.82) is 0 Å². The van der Waals surface area contributed by atoms with Crippen LogP contribution in [0.1, 0.15) is 190 Å². The Labute approximate surface area is 686 Å². The lowest BCUT2D eigenvalue weighted by atomic mass is 10.0. The van der Waals surface area contributed by atoms with Crippen LogP contribution in [-0.2, 0) is 50.9 Å². The fourth-order valence-electron chi connectivity index (χ4n) is 14.7. The quantitative estimate of drug-likeness (QED) is 0.0417. The number of aromatic nitrogens is 8. The summed E-state index contributed by atoms with van der Waals surface area (Å²) in [6.07, 6.45) is -7.21. The van der Waals surface area contributed by atoms with E-state index in [9.17, 15) is 80.6 Å². The summed E-state index contributed by atoms with van der Waals surface area (Å²) in [5.41, 5.74) is -1.32. The highest BCUT2D eigenvalue weighted by Gasteiger charge is 2.39. The van der Waals surface area contributed by atoms with E-state index in [1.807, 2.05) is 58.5 Å². The minimum absolute atomic E-state index is 0.0386. The van der Waals surface area contributed by atoms with Crippen molar-refractivity contribution in [3.63, 3.8) is 0 Å². The summed E-state index contributed by atoms with van der Waals surface area (Å²) in [6, 6.07) is 26.8. The van der Waals surface area contributed by atoms with Crippen LogP contribution in [0, 0.1) is 37.3 Å². The number of benzene rings is 4. The first-order valence-electron chi connectivity index (χ1n) is 39.3. The van der Waals surface area contributed by atoms with Gasteiger partial charge in [-0.2, -0.15) is 73.1 Å². The van der Waals surface area contributed by atoms with Gasteiger partial charge in [0.2, 0.25) is 0 Å². The van der Waals surface area contributed by atoms with E-state index in [2.05, 4.69) is 67.7 Å². The monoisotopic (exact) mass is 1710 g/mol. The van der Waals surface area contributed by atoms with E-state index < -0.39 is 82.7 Å². The van der Waals surface area contributed by atoms with Crippen molar-refractivity contribution in [2.75, 3.05) is 91.6 Å². The van der Waals surface area contributed by atoms with Gasteiger partial charge in [-0.25, -0.2) is 8.78 Å². The van der Waals surface area contributed by atoms with Crippen molar-refractivity contribution >= 4 is 46.8 Å². The number of nitrogens with zero attached hydrogens (tertiary/aromatic N) is 12. The van der Waals surface area contributed by atoms with Gasteiger partial charge in [-0.3, -0.25) is 49.4 Å². The Morgan fingerprint density at radius 3 is 0.966 bits per heavy atom. The molecule has 4 saturated heterocycles. The Hall–Kier alpha value is -8.96. The van der Waals surface area contributed by atoms with Gasteiger partial charge in [-0.1, -0.05) is 122 Å². The number of rotatable bonds is 24. The summed E-state index contributed by atoms with van der Waals surface area (Å²) < 4.78 is 183. The van der Waals surface area contributed by atoms with E-state index in [1.54, 1.807) is 48.5 Å². The number of amides is 4. The van der Waals surface area contributed by atoms with Crippen molar-refractivity contribution in [3.8, 4) is 0 Å². The van der Waals surface area contributed by atoms with Crippen molar-refractivity contribution in [2.24, 2.45) is 11.8 Å². The van der Waals surface area contributed by atoms with E-state index in [1.165, 1.54) is 44.6 Å². The number of likely N-dealkylation sites (tertiary alicyclic amines) is 4. The fourth-order valence-corrected chi connectivity index (χ4v) is 15.0. The average molecular weight is 1710 g/mol. The molecule has 20 nitrogen and oxygen atoms in total. The molecule has 4 atom stereocenters. The predicted octanol–water partition coefficient (Wildman–Crippen LogP) is 17.7. The van der Waals surface area contributed by atoms with Crippen LogP contribution in [0.25, 0.3) is 0 Å². The second-order valence-corrected chi connectivity index (χ2v) is 31.6. The normalized spacial score (nSPS) is 17.9. The molecule has 4 aromatic carbocycles. The van der Waals surface area contributed by atoms with Gasteiger partial charge in [-0.05, 0) is 152 Å². The summed E-state index contributed by atoms with van der Waals surface area (Å²) in [5.74, 6) is -2.21. The summed E-state index contributed by atoms with van der Waals surface area (Å²) in [4.78, 5) is 66.7. The molecule has 0 radical (unpaired) electrons. The molecule has 8 aromatic rings. The molecule has 118 heavy (non-hydrogen) atoms. The van der Waals surface area contributed by atoms with E-state index in [0.29, 0.717) is 96.5 Å². The van der Waals surface area contributed by atoms with Crippen LogP contribution in [-0.4, -0.2) is 207 Å². The minimum Gasteiger partial charge on any atom is -0.332 e. The number of hydrogen-bond acceptors (Lipinski definition) is 12. The van der Waals surface area contributed by atoms with Crippen LogP contribution in [0.2, 0.25) is 10.0 Å². The van der Waals surface area contributed by atoms with Crippen molar-refractivity contribution < 1.29 is 80.6 Å². The third kappa shape index (κ3) is 27.5. The number of piperidine rings is 4. The lowest BCUT2D eigenvalue weighted by molar-refractivity contribution is -0.142. The Balaban J connectivity index is 0.000000179. The largest absolute Gasteiger partial charge is 0.432 e. The molecular formula is C82H100Cl2F14N16O4. The van der Waals surface area contributed by atoms with Gasteiger partial charge < -0.3 is 29.4 Å². The topological polar surface area (TPSA) is 209 Å². The molecule has 4 N–H and O–H groups in total. The average Bonchev–Trinajstić information content (AvgIpc) is 1.65. The van der Waals surface area contributed by atoms with E-state index in [4.69, 9.17) is 23.2 Å². The number of nitrogens with one attached hydrogen (secondary N) is 4. The zero-order valence-corrected chi connectivity index (χ0v) is 68.1. The number of carbonyl (C=O) groups is 4. The Kier molecular flexibility index (Phi) is 33.3. The molecule has 0 spiro atoms. The lowest BCUT2D eigenvalue weighted by Gasteiger charge is -2.35. The standard InChI is InChI=1S/2C21H26ClF3N4O.2C20H24F4N4O/c1-14-5-6-17(22)16(10-14)13-29(9-8-28-7-3-4-15(2)12-28)20(30)18-11-19(27-26-18)21(23,24)25;1-14-6-7-17(22)16(11-14)13-29(10-9-28-8-4-3-5-15(28)2)20(30)18-12-19(27-26-18)21(23,24)25;1-14-6-4-5-9-27(14)10-11-28(13-15-7-2-3-8-16(15)21)19(29)17-12-18(26-25-17)20(22,23)24;1-14-5-4-8-27(12-14)9-10-28(13-15-6-2-3-7-16(15)21)19(29)17-11-18(26-25-17)20(22,23)24/h5-6,10-11,15H,3-4,7-9,12-13H2,1-2H3,(H,26,27);6-7,11-12,15H,3-5,8-10,13H2,1-2H3,(H,26,27);2-3,7-8,12,14H,4-6,9-11,13H2,1H3,(H,25,26);2-3,6-7,11,14H,4-5,8-10,12-13H2,1H3,(H,25,26). The van der Waals surface area contributed by atoms with Gasteiger partial charge >= 0.3 is 24.7 Å². The first-order valence-corrected chi connectivity index (χ1v) is 40.1. The van der Waals surface area contributed by atoms with E-state index >= 15 is 0 Å². The van der Waals surface area contributed by atoms with Gasteiger partial charge in [0.1, 0.15) is 34.4 Å². The van der Waals surface area contributed by atoms with Crippen LogP contribution < -0.4 is 0 Å². The minimum atomic E-state index is -4.62. The lowest BCUT2D eigenvalue weighted by Crippen LogP contribution is -2.44. The summed E-state index contributed by atoms with van der Waals surface area (Å²) in [7, 11) is 0. The molecule has 4 aromatic heterocycles. The molecule has 12 rings (SSSR count). The van der Waals surface area contributed by atoms with Crippen LogP contribution >= 0.6 is 23.2 Å². The van der Waals surface area contributed by atoms with Crippen molar-refractivity contribution in [3.05, 3.63) is 210 Å². The fraction of sp³-hybridized carbons (Fsp3) is 0.512. The molecule has 8 heterocycles. The van der Waals surface area contributed by atoms with Gasteiger partial charge in [-0.15, -0.1) is 0 Å². The number of carbonyl (C=O) groups excluding carboxylic acids is 4. The van der Waals surface area contributed by atoms with E-state index in [0.717, 1.165) is 125 Å². The SMILES string of the molecule is CC1CCCCN1CCN(Cc1ccccc1F)C(=O)c1cc(C(F)(F)F)[nH]n1.CC1CCCN(CCN(Cc2ccccc2F)C(=O)c2cc(C(F)(F)F)[nH]n2)C1.Cc1ccc(Cl)c(CN(CCN2CCCC(C)C2)C(=O)c2cc(C(F)(F)F)[nH]n2)c1.Cc1ccc(Cl)c(CN(CCN2CCCCC2C)C(=O)c2cc(C(F)(F)F)[nH]n2)c1. The molecule has 644 valence electrons. The van der Waals surface area contributed by atoms with Gasteiger partial charge in [0.25, 0.3) is 23.6 Å². The second-order valence-electron chi connectivity index (χ2n) is 30.8. The summed E-state index contributed by atoms with van der Waals surface area (Å²) in [6.45, 7) is 22.1. The van der Waals surface area contributed by atoms with E-state index in [-0.39, 0.29) is 62.0 Å². The van der Waals surface area contributed by atoms with Crippen molar-refractivity contribution in [1.82, 2.24) is 80.0 Å². The van der Waals surface area contributed by atoms with Crippen LogP contribution in [0.4, 0.5) is 61.5 Å². The van der Waals surface area contributed by atoms with Crippen LogP contribution in [0.15, 0.2) is 109 Å². The molecule has 4 amide bonds. The highest BCUT2D eigenvalue weighted by Crippen LogP contribution is 2.34. The third-order valence-electron chi connectivity index (χ3n) is 21.4. The Bertz CT molecular complexity index is 4570.